The lowest BCUT2D eigenvalue weighted by Crippen LogP contribution is -2.56. The molecule has 21 heavy (non-hydrogen) atoms. The van der Waals surface area contributed by atoms with Crippen molar-refractivity contribution in [2.75, 3.05) is 19.6 Å². The van der Waals surface area contributed by atoms with Gasteiger partial charge in [-0.3, -0.25) is 4.79 Å². The summed E-state index contributed by atoms with van der Waals surface area (Å²) in [6, 6.07) is 0. The van der Waals surface area contributed by atoms with Crippen molar-refractivity contribution in [3.8, 4) is 0 Å². The summed E-state index contributed by atoms with van der Waals surface area (Å²) in [6.07, 6.45) is 9.35. The van der Waals surface area contributed by atoms with Crippen LogP contribution in [0.15, 0.2) is 0 Å². The monoisotopic (exact) mass is 298 g/mol. The number of hydrogen-bond acceptors (Lipinski definition) is 3. The van der Waals surface area contributed by atoms with Crippen molar-refractivity contribution >= 4 is 5.91 Å². The summed E-state index contributed by atoms with van der Waals surface area (Å²) in [5.74, 6) is 0.262. The highest BCUT2D eigenvalue weighted by atomic mass is 16.5. The fourth-order valence-corrected chi connectivity index (χ4v) is 3.00. The molecule has 0 aliphatic carbocycles. The number of ether oxygens (including phenoxy) is 1. The fourth-order valence-electron chi connectivity index (χ4n) is 3.00. The van der Waals surface area contributed by atoms with Gasteiger partial charge in [-0.2, -0.15) is 0 Å². The van der Waals surface area contributed by atoms with E-state index in [4.69, 9.17) is 10.5 Å². The van der Waals surface area contributed by atoms with Gasteiger partial charge in [0.15, 0.2) is 0 Å². The summed E-state index contributed by atoms with van der Waals surface area (Å²) in [7, 11) is 0. The zero-order valence-corrected chi connectivity index (χ0v) is 14.2. The molecular weight excluding hydrogens is 264 g/mol. The molecule has 1 fully saturated rings. The van der Waals surface area contributed by atoms with Crippen molar-refractivity contribution in [1.29, 1.82) is 0 Å². The summed E-state index contributed by atoms with van der Waals surface area (Å²) in [6.45, 7) is 8.10. The van der Waals surface area contributed by atoms with Crippen molar-refractivity contribution in [2.45, 2.75) is 83.8 Å². The smallest absolute Gasteiger partial charge is 0.222 e. The Bertz CT molecular complexity index is 305. The molecule has 2 N–H and O–H groups in total. The van der Waals surface area contributed by atoms with E-state index in [1.54, 1.807) is 0 Å². The quantitative estimate of drug-likeness (QED) is 0.666. The average molecular weight is 298 g/mol. The van der Waals surface area contributed by atoms with Gasteiger partial charge in [-0.05, 0) is 20.3 Å². The van der Waals surface area contributed by atoms with Crippen molar-refractivity contribution in [3.05, 3.63) is 0 Å². The van der Waals surface area contributed by atoms with E-state index in [9.17, 15) is 4.79 Å². The lowest BCUT2D eigenvalue weighted by molar-refractivity contribution is -0.159. The second kappa shape index (κ2) is 9.42. The molecule has 1 unspecified atom stereocenters. The molecule has 0 aromatic rings. The second-order valence-corrected chi connectivity index (χ2v) is 6.88. The highest BCUT2D eigenvalue weighted by molar-refractivity contribution is 5.76. The van der Waals surface area contributed by atoms with Gasteiger partial charge in [0.2, 0.25) is 5.91 Å². The standard InChI is InChI=1S/C17H34N2O2/c1-4-5-6-7-8-9-10-11-16(20)19-13-15(12-18)21-17(2,3)14-19/h15H,4-14,18H2,1-3H3. The van der Waals surface area contributed by atoms with Crippen LogP contribution in [0.3, 0.4) is 0 Å². The molecule has 0 radical (unpaired) electrons. The van der Waals surface area contributed by atoms with E-state index in [0.29, 0.717) is 26.1 Å². The SMILES string of the molecule is CCCCCCCCCC(=O)N1CC(CN)OC(C)(C)C1. The number of carbonyl (C=O) groups excluding carboxylic acids is 1. The number of hydrogen-bond donors (Lipinski definition) is 1. The fraction of sp³-hybridized carbons (Fsp3) is 0.941. The van der Waals surface area contributed by atoms with Crippen LogP contribution in [0.1, 0.15) is 72.1 Å². The normalized spacial score (nSPS) is 21.5. The maximum Gasteiger partial charge on any atom is 0.222 e. The minimum Gasteiger partial charge on any atom is -0.367 e. The molecule has 1 amide bonds. The summed E-state index contributed by atoms with van der Waals surface area (Å²) in [5.41, 5.74) is 5.42. The lowest BCUT2D eigenvalue weighted by atomic mass is 10.0. The Balaban J connectivity index is 2.22. The molecule has 4 nitrogen and oxygen atoms in total. The predicted octanol–water partition coefficient (Wildman–Crippen LogP) is 3.09. The van der Waals surface area contributed by atoms with Crippen LogP contribution in [0.4, 0.5) is 0 Å². The summed E-state index contributed by atoms with van der Waals surface area (Å²) < 4.78 is 5.86. The maximum atomic E-state index is 12.3. The Morgan fingerprint density at radius 1 is 1.19 bits per heavy atom. The molecule has 1 aliphatic heterocycles. The van der Waals surface area contributed by atoms with Crippen LogP contribution in [0.25, 0.3) is 0 Å². The summed E-state index contributed by atoms with van der Waals surface area (Å²) in [5, 5.41) is 0. The number of amides is 1. The van der Waals surface area contributed by atoms with Gasteiger partial charge in [0.05, 0.1) is 11.7 Å². The van der Waals surface area contributed by atoms with Gasteiger partial charge in [0, 0.05) is 26.1 Å². The topological polar surface area (TPSA) is 55.6 Å². The Hall–Kier alpha value is -0.610. The van der Waals surface area contributed by atoms with Crippen LogP contribution < -0.4 is 5.73 Å². The molecule has 0 saturated carbocycles. The molecule has 0 spiro atoms. The van der Waals surface area contributed by atoms with Gasteiger partial charge < -0.3 is 15.4 Å². The first-order valence-electron chi connectivity index (χ1n) is 8.64. The van der Waals surface area contributed by atoms with E-state index < -0.39 is 0 Å². The van der Waals surface area contributed by atoms with Crippen molar-refractivity contribution in [2.24, 2.45) is 5.73 Å². The number of nitrogens with two attached hydrogens (primary N) is 1. The summed E-state index contributed by atoms with van der Waals surface area (Å²) >= 11 is 0. The molecule has 1 atom stereocenters. The minimum absolute atomic E-state index is 0.0215. The third-order valence-corrected chi connectivity index (χ3v) is 4.09. The molecule has 1 rings (SSSR count). The van der Waals surface area contributed by atoms with Crippen molar-refractivity contribution in [3.63, 3.8) is 0 Å². The third-order valence-electron chi connectivity index (χ3n) is 4.09. The molecule has 4 heteroatoms. The van der Waals surface area contributed by atoms with Crippen LogP contribution >= 0.6 is 0 Å². The molecule has 1 aliphatic rings. The number of morpholine rings is 1. The Morgan fingerprint density at radius 2 is 1.81 bits per heavy atom. The van der Waals surface area contributed by atoms with Crippen LogP contribution in [0.2, 0.25) is 0 Å². The van der Waals surface area contributed by atoms with Gasteiger partial charge in [-0.1, -0.05) is 45.4 Å². The molecular formula is C17H34N2O2. The van der Waals surface area contributed by atoms with E-state index in [0.717, 1.165) is 6.42 Å². The maximum absolute atomic E-state index is 12.3. The predicted molar refractivity (Wildman–Crippen MR) is 87.2 cm³/mol. The minimum atomic E-state index is -0.280. The van der Waals surface area contributed by atoms with Gasteiger partial charge in [0.25, 0.3) is 0 Å². The van der Waals surface area contributed by atoms with Gasteiger partial charge in [-0.15, -0.1) is 0 Å². The first kappa shape index (κ1) is 18.4. The number of nitrogens with zero attached hydrogens (tertiary/aromatic N) is 1. The first-order valence-corrected chi connectivity index (χ1v) is 8.64. The summed E-state index contributed by atoms with van der Waals surface area (Å²) in [4.78, 5) is 14.3. The van der Waals surface area contributed by atoms with Gasteiger partial charge in [-0.25, -0.2) is 0 Å². The second-order valence-electron chi connectivity index (χ2n) is 6.88. The Kier molecular flexibility index (Phi) is 8.27. The molecule has 0 aromatic heterocycles. The first-order chi connectivity index (χ1) is 9.98. The van der Waals surface area contributed by atoms with E-state index in [1.165, 1.54) is 38.5 Å². The van der Waals surface area contributed by atoms with Crippen molar-refractivity contribution in [1.82, 2.24) is 4.90 Å². The van der Waals surface area contributed by atoms with E-state index in [1.807, 2.05) is 18.7 Å². The van der Waals surface area contributed by atoms with E-state index in [2.05, 4.69) is 6.92 Å². The molecule has 0 aromatic carbocycles. The molecule has 0 bridgehead atoms. The molecule has 1 saturated heterocycles. The largest absolute Gasteiger partial charge is 0.367 e. The Labute approximate surface area is 130 Å². The zero-order chi connectivity index (χ0) is 15.7. The number of carbonyl (C=O) groups is 1. The lowest BCUT2D eigenvalue weighted by Gasteiger charge is -2.42. The van der Waals surface area contributed by atoms with E-state index >= 15 is 0 Å². The number of rotatable bonds is 9. The third kappa shape index (κ3) is 7.28. The van der Waals surface area contributed by atoms with Crippen LogP contribution in [0, 0.1) is 0 Å². The van der Waals surface area contributed by atoms with Gasteiger partial charge >= 0.3 is 0 Å². The Morgan fingerprint density at radius 3 is 2.43 bits per heavy atom. The molecule has 124 valence electrons. The highest BCUT2D eigenvalue weighted by Gasteiger charge is 2.34. The van der Waals surface area contributed by atoms with Gasteiger partial charge in [0.1, 0.15) is 0 Å². The highest BCUT2D eigenvalue weighted by Crippen LogP contribution is 2.21. The zero-order valence-electron chi connectivity index (χ0n) is 14.2. The van der Waals surface area contributed by atoms with E-state index in [-0.39, 0.29) is 17.6 Å². The molecule has 1 heterocycles. The van der Waals surface area contributed by atoms with Crippen molar-refractivity contribution < 1.29 is 9.53 Å². The van der Waals surface area contributed by atoms with Crippen LogP contribution in [-0.4, -0.2) is 42.1 Å². The van der Waals surface area contributed by atoms with Crippen LogP contribution in [0.5, 0.6) is 0 Å². The number of unbranched alkanes of at least 4 members (excludes halogenated alkanes) is 6. The van der Waals surface area contributed by atoms with Crippen LogP contribution in [-0.2, 0) is 9.53 Å². The average Bonchev–Trinajstić information content (AvgIpc) is 2.44.